The zero-order valence-electron chi connectivity index (χ0n) is 16.3. The third kappa shape index (κ3) is 4.92. The van der Waals surface area contributed by atoms with Crippen LogP contribution in [0.4, 0.5) is 0 Å². The lowest BCUT2D eigenvalue weighted by Gasteiger charge is -2.10. The van der Waals surface area contributed by atoms with Crippen molar-refractivity contribution in [3.05, 3.63) is 94.0 Å². The van der Waals surface area contributed by atoms with Crippen LogP contribution in [-0.4, -0.2) is 15.2 Å². The van der Waals surface area contributed by atoms with Crippen LogP contribution in [0.15, 0.2) is 82.4 Å². The van der Waals surface area contributed by atoms with E-state index in [9.17, 15) is 0 Å². The van der Waals surface area contributed by atoms with Crippen LogP contribution in [0.2, 0.25) is 0 Å². The summed E-state index contributed by atoms with van der Waals surface area (Å²) in [5.41, 5.74) is 7.40. The van der Waals surface area contributed by atoms with Gasteiger partial charge in [0.1, 0.15) is 11.4 Å². The Hall–Kier alpha value is -2.50. The summed E-state index contributed by atoms with van der Waals surface area (Å²) in [5, 5.41) is 9.65. The first-order chi connectivity index (χ1) is 14.1. The van der Waals surface area contributed by atoms with E-state index in [1.807, 2.05) is 12.1 Å². The van der Waals surface area contributed by atoms with Crippen molar-refractivity contribution in [3.63, 3.8) is 0 Å². The normalized spacial score (nSPS) is 10.9. The van der Waals surface area contributed by atoms with Gasteiger partial charge in [-0.2, -0.15) is 0 Å². The topological polar surface area (TPSA) is 38.7 Å². The highest BCUT2D eigenvalue weighted by atomic mass is 79.9. The fourth-order valence-electron chi connectivity index (χ4n) is 2.92. The van der Waals surface area contributed by atoms with Gasteiger partial charge < -0.3 is 0 Å². The van der Waals surface area contributed by atoms with Crippen LogP contribution in [0.25, 0.3) is 22.5 Å². The predicted octanol–water partition coefficient (Wildman–Crippen LogP) is 6.88. The minimum Gasteiger partial charge on any atom is -0.219 e. The summed E-state index contributed by atoms with van der Waals surface area (Å²) in [6.07, 6.45) is 0. The number of nitrogens with zero attached hydrogens (tertiary/aromatic N) is 3. The van der Waals surface area contributed by atoms with Gasteiger partial charge >= 0.3 is 0 Å². The minimum absolute atomic E-state index is 0.680. The van der Waals surface area contributed by atoms with E-state index in [1.165, 1.54) is 16.7 Å². The molecule has 0 atom stereocenters. The molecule has 0 fully saturated rings. The number of hydrogen-bond donors (Lipinski definition) is 0. The highest BCUT2D eigenvalue weighted by molar-refractivity contribution is 9.10. The fourth-order valence-corrected chi connectivity index (χ4v) is 3.93. The molecule has 0 radical (unpaired) electrons. The summed E-state index contributed by atoms with van der Waals surface area (Å²) in [4.78, 5) is 4.88. The highest BCUT2D eigenvalue weighted by Crippen LogP contribution is 2.31. The molecule has 0 aliphatic rings. The second kappa shape index (κ2) is 8.89. The number of thioether (sulfide) groups is 1. The molecule has 3 aromatic carbocycles. The first kappa shape index (κ1) is 19.8. The van der Waals surface area contributed by atoms with Crippen molar-refractivity contribution in [3.8, 4) is 22.5 Å². The van der Waals surface area contributed by atoms with Crippen LogP contribution >= 0.6 is 27.7 Å². The maximum Gasteiger partial charge on any atom is 0.210 e. The molecule has 5 heteroatoms. The Labute approximate surface area is 183 Å². The average Bonchev–Trinajstić information content (AvgIpc) is 2.74. The average molecular weight is 462 g/mol. The van der Waals surface area contributed by atoms with Crippen molar-refractivity contribution < 1.29 is 0 Å². The van der Waals surface area contributed by atoms with Crippen molar-refractivity contribution in [1.29, 1.82) is 0 Å². The van der Waals surface area contributed by atoms with Crippen molar-refractivity contribution in [2.24, 2.45) is 0 Å². The molecule has 0 bridgehead atoms. The fraction of sp³-hybridized carbons (Fsp3) is 0.125. The Morgan fingerprint density at radius 1 is 0.690 bits per heavy atom. The lowest BCUT2D eigenvalue weighted by molar-refractivity contribution is 0.850. The van der Waals surface area contributed by atoms with Crippen LogP contribution in [0, 0.1) is 13.8 Å². The summed E-state index contributed by atoms with van der Waals surface area (Å²) in [5.74, 6) is 0.798. The molecule has 0 saturated carbocycles. The molecule has 0 saturated heterocycles. The monoisotopic (exact) mass is 461 g/mol. The number of rotatable bonds is 5. The molecule has 0 N–H and O–H groups in total. The van der Waals surface area contributed by atoms with Crippen molar-refractivity contribution in [2.45, 2.75) is 24.8 Å². The van der Waals surface area contributed by atoms with Crippen LogP contribution in [-0.2, 0) is 5.75 Å². The Bertz CT molecular complexity index is 1110. The van der Waals surface area contributed by atoms with E-state index in [1.54, 1.807) is 11.8 Å². The van der Waals surface area contributed by atoms with E-state index >= 15 is 0 Å². The molecular weight excluding hydrogens is 442 g/mol. The molecule has 1 heterocycles. The van der Waals surface area contributed by atoms with Gasteiger partial charge in [0.05, 0.1) is 0 Å². The maximum absolute atomic E-state index is 4.88. The maximum atomic E-state index is 4.88. The van der Waals surface area contributed by atoms with E-state index in [2.05, 4.69) is 101 Å². The van der Waals surface area contributed by atoms with Gasteiger partial charge in [0.25, 0.3) is 0 Å². The number of hydrogen-bond acceptors (Lipinski definition) is 4. The summed E-state index contributed by atoms with van der Waals surface area (Å²) in [6, 6.07) is 25.0. The highest BCUT2D eigenvalue weighted by Gasteiger charge is 2.14. The van der Waals surface area contributed by atoms with Gasteiger partial charge in [-0.15, -0.1) is 10.2 Å². The van der Waals surface area contributed by atoms with Gasteiger partial charge in [-0.25, -0.2) is 4.98 Å². The zero-order valence-corrected chi connectivity index (χ0v) is 18.7. The van der Waals surface area contributed by atoms with Gasteiger partial charge in [0.2, 0.25) is 5.16 Å². The smallest absolute Gasteiger partial charge is 0.210 e. The summed E-state index contributed by atoms with van der Waals surface area (Å²) < 4.78 is 1.08. The Morgan fingerprint density at radius 2 is 1.24 bits per heavy atom. The SMILES string of the molecule is Cc1ccc(-c2nnc(SCc3ccc(Br)cc3)nc2-c2ccc(C)cc2)cc1. The lowest BCUT2D eigenvalue weighted by Crippen LogP contribution is -1.99. The second-order valence-corrected chi connectivity index (χ2v) is 8.80. The Morgan fingerprint density at radius 3 is 1.83 bits per heavy atom. The Balaban J connectivity index is 1.69. The molecule has 0 amide bonds. The molecule has 0 aliphatic carbocycles. The van der Waals surface area contributed by atoms with Crippen molar-refractivity contribution in [1.82, 2.24) is 15.2 Å². The summed E-state index contributed by atoms with van der Waals surface area (Å²) in [7, 11) is 0. The second-order valence-electron chi connectivity index (χ2n) is 6.94. The van der Waals surface area contributed by atoms with Gasteiger partial charge in [-0.3, -0.25) is 0 Å². The van der Waals surface area contributed by atoms with Crippen molar-refractivity contribution >= 4 is 27.7 Å². The van der Waals surface area contributed by atoms with Crippen molar-refractivity contribution in [2.75, 3.05) is 0 Å². The van der Waals surface area contributed by atoms with Gasteiger partial charge in [0, 0.05) is 21.4 Å². The number of aromatic nitrogens is 3. The van der Waals surface area contributed by atoms with E-state index in [0.29, 0.717) is 5.16 Å². The first-order valence-electron chi connectivity index (χ1n) is 9.34. The standard InChI is InChI=1S/C24H20BrN3S/c1-16-3-9-19(10-4-16)22-23(20-11-5-17(2)6-12-20)27-28-24(26-22)29-15-18-7-13-21(25)14-8-18/h3-14H,15H2,1-2H3. The molecule has 144 valence electrons. The predicted molar refractivity (Wildman–Crippen MR) is 124 cm³/mol. The minimum atomic E-state index is 0.680. The number of halogens is 1. The van der Waals surface area contributed by atoms with E-state index in [0.717, 1.165) is 32.7 Å². The van der Waals surface area contributed by atoms with Gasteiger partial charge in [-0.1, -0.05) is 99.5 Å². The van der Waals surface area contributed by atoms with Gasteiger partial charge in [-0.05, 0) is 31.5 Å². The number of aryl methyl sites for hydroxylation is 2. The molecule has 0 unspecified atom stereocenters. The largest absolute Gasteiger partial charge is 0.219 e. The third-order valence-corrected chi connectivity index (χ3v) is 6.04. The molecule has 3 nitrogen and oxygen atoms in total. The Kier molecular flexibility index (Phi) is 6.07. The first-order valence-corrected chi connectivity index (χ1v) is 11.1. The quantitative estimate of drug-likeness (QED) is 0.303. The third-order valence-electron chi connectivity index (χ3n) is 4.60. The van der Waals surface area contributed by atoms with E-state index < -0.39 is 0 Å². The zero-order chi connectivity index (χ0) is 20.2. The van der Waals surface area contributed by atoms with E-state index in [-0.39, 0.29) is 0 Å². The van der Waals surface area contributed by atoms with Crippen LogP contribution in [0.1, 0.15) is 16.7 Å². The van der Waals surface area contributed by atoms with Crippen LogP contribution in [0.5, 0.6) is 0 Å². The molecule has 4 rings (SSSR count). The summed E-state index contributed by atoms with van der Waals surface area (Å²) in [6.45, 7) is 4.17. The van der Waals surface area contributed by atoms with Gasteiger partial charge in [0.15, 0.2) is 0 Å². The molecule has 0 spiro atoms. The molecule has 0 aliphatic heterocycles. The molecule has 4 aromatic rings. The number of benzene rings is 3. The van der Waals surface area contributed by atoms with Crippen LogP contribution < -0.4 is 0 Å². The van der Waals surface area contributed by atoms with E-state index in [4.69, 9.17) is 4.98 Å². The summed E-state index contributed by atoms with van der Waals surface area (Å²) >= 11 is 5.07. The lowest BCUT2D eigenvalue weighted by atomic mass is 10.0. The molecule has 29 heavy (non-hydrogen) atoms. The molecule has 1 aromatic heterocycles. The molecular formula is C24H20BrN3S. The van der Waals surface area contributed by atoms with Crippen LogP contribution in [0.3, 0.4) is 0 Å².